The molecule has 1 aliphatic rings. The molecule has 0 bridgehead atoms. The molecule has 0 saturated carbocycles. The number of carbonyl (C=O) groups is 3. The molecule has 2 N–H and O–H groups in total. The lowest BCUT2D eigenvalue weighted by atomic mass is 10.0. The van der Waals surface area contributed by atoms with Crippen LogP contribution < -0.4 is 15.6 Å². The summed E-state index contributed by atoms with van der Waals surface area (Å²) in [5, 5.41) is 29.1. The van der Waals surface area contributed by atoms with Gasteiger partial charge in [0.05, 0.1) is 39.9 Å². The number of amides is 3. The summed E-state index contributed by atoms with van der Waals surface area (Å²) in [7, 11) is 0. The van der Waals surface area contributed by atoms with Gasteiger partial charge in [0.25, 0.3) is 17.4 Å². The molecule has 1 aromatic heterocycles. The van der Waals surface area contributed by atoms with Crippen molar-refractivity contribution in [2.24, 2.45) is 0 Å². The van der Waals surface area contributed by atoms with Crippen molar-refractivity contribution >= 4 is 34.2 Å². The summed E-state index contributed by atoms with van der Waals surface area (Å²) in [4.78, 5) is 55.6. The number of aromatic nitrogens is 2. The average molecular weight is 784 g/mol. The van der Waals surface area contributed by atoms with Gasteiger partial charge in [-0.05, 0) is 98.5 Å². The van der Waals surface area contributed by atoms with Crippen molar-refractivity contribution in [1.82, 2.24) is 20.0 Å². The first kappa shape index (κ1) is 40.8. The molecule has 1 saturated heterocycles. The number of nitriles is 2. The molecule has 4 aromatic carbocycles. The lowest BCUT2D eigenvalue weighted by molar-refractivity contribution is -0.144. The number of piperazine rings is 1. The number of benzene rings is 4. The molecule has 0 radical (unpaired) electrons. The third-order valence-electron chi connectivity index (χ3n) is 10.1. The Morgan fingerprint density at radius 3 is 2.34 bits per heavy atom. The average Bonchev–Trinajstić information content (AvgIpc) is 3.24. The molecule has 1 atom stereocenters. The van der Waals surface area contributed by atoms with Crippen LogP contribution in [0.4, 0.5) is 10.1 Å². The van der Waals surface area contributed by atoms with Gasteiger partial charge in [0.1, 0.15) is 18.2 Å². The maximum atomic E-state index is 15.0. The van der Waals surface area contributed by atoms with Crippen LogP contribution in [-0.2, 0) is 20.7 Å². The van der Waals surface area contributed by atoms with Gasteiger partial charge in [-0.15, -0.1) is 0 Å². The number of ether oxygens (including phenoxy) is 2. The van der Waals surface area contributed by atoms with Crippen molar-refractivity contribution in [1.29, 1.82) is 10.5 Å². The van der Waals surface area contributed by atoms with Crippen LogP contribution in [0.2, 0.25) is 0 Å². The number of rotatable bonds is 14. The van der Waals surface area contributed by atoms with Gasteiger partial charge < -0.3 is 24.6 Å². The minimum Gasteiger partial charge on any atom is -0.490 e. The largest absolute Gasteiger partial charge is 0.490 e. The number of halogens is 1. The smallest absolute Gasteiger partial charge is 0.272 e. The van der Waals surface area contributed by atoms with Crippen LogP contribution in [-0.4, -0.2) is 82.7 Å². The van der Waals surface area contributed by atoms with E-state index in [2.05, 4.69) is 27.7 Å². The molecule has 296 valence electrons. The van der Waals surface area contributed by atoms with Crippen LogP contribution in [0.1, 0.15) is 64.5 Å². The minimum absolute atomic E-state index is 0.0685. The van der Waals surface area contributed by atoms with Crippen LogP contribution in [0.5, 0.6) is 5.75 Å². The third-order valence-corrected chi connectivity index (χ3v) is 10.1. The van der Waals surface area contributed by atoms with Gasteiger partial charge in [-0.2, -0.15) is 15.6 Å². The summed E-state index contributed by atoms with van der Waals surface area (Å²) in [6, 6.07) is 27.1. The molecular weight excluding hydrogens is 742 g/mol. The second-order valence-corrected chi connectivity index (χ2v) is 14.3. The van der Waals surface area contributed by atoms with E-state index in [1.807, 2.05) is 6.07 Å². The molecule has 58 heavy (non-hydrogen) atoms. The second kappa shape index (κ2) is 18.4. The second-order valence-electron chi connectivity index (χ2n) is 14.3. The molecule has 0 aliphatic carbocycles. The van der Waals surface area contributed by atoms with E-state index in [1.165, 1.54) is 12.1 Å². The van der Waals surface area contributed by atoms with Crippen LogP contribution in [0.3, 0.4) is 0 Å². The Balaban J connectivity index is 0.993. The lowest BCUT2D eigenvalue weighted by Gasteiger charge is -2.35. The van der Waals surface area contributed by atoms with E-state index in [4.69, 9.17) is 14.7 Å². The van der Waals surface area contributed by atoms with Gasteiger partial charge in [0.15, 0.2) is 5.60 Å². The zero-order valence-corrected chi connectivity index (χ0v) is 32.2. The van der Waals surface area contributed by atoms with Crippen LogP contribution in [0.15, 0.2) is 89.7 Å². The molecule has 13 nitrogen and oxygen atoms in total. The number of nitrogens with one attached hydrogen (secondary N) is 2. The number of anilines is 1. The van der Waals surface area contributed by atoms with Gasteiger partial charge in [0.2, 0.25) is 5.91 Å². The van der Waals surface area contributed by atoms with E-state index in [0.717, 1.165) is 0 Å². The number of hydrogen-bond acceptors (Lipinski definition) is 9. The van der Waals surface area contributed by atoms with Crippen molar-refractivity contribution < 1.29 is 28.2 Å². The van der Waals surface area contributed by atoms with E-state index < -0.39 is 23.2 Å². The van der Waals surface area contributed by atoms with E-state index >= 15 is 0 Å². The highest BCUT2D eigenvalue weighted by Gasteiger charge is 2.36. The summed E-state index contributed by atoms with van der Waals surface area (Å²) in [5.74, 6) is -1.20. The fourth-order valence-corrected chi connectivity index (χ4v) is 6.66. The predicted octanol–water partition coefficient (Wildman–Crippen LogP) is 5.65. The van der Waals surface area contributed by atoms with Crippen LogP contribution in [0, 0.1) is 35.4 Å². The monoisotopic (exact) mass is 783 g/mol. The van der Waals surface area contributed by atoms with Gasteiger partial charge >= 0.3 is 0 Å². The Morgan fingerprint density at radius 2 is 1.64 bits per heavy atom. The van der Waals surface area contributed by atoms with E-state index in [-0.39, 0.29) is 56.2 Å². The zero-order valence-electron chi connectivity index (χ0n) is 32.2. The van der Waals surface area contributed by atoms with Crippen molar-refractivity contribution in [3.63, 3.8) is 0 Å². The number of aryl methyl sites for hydroxylation is 1. The fraction of sp³-hybridized carbons (Fsp3) is 0.295. The fourth-order valence-electron chi connectivity index (χ4n) is 6.66. The SMILES string of the molecule is Cc1cc(NC(=O)[C@](C)(COc2ccc(C#N)cc2)OCCCCC(=O)N2CCN(C(=O)c3cc(Cc4n[nH]c(=O)c5ccccc45)ccc3F)CC2)ccc1C#N. The van der Waals surface area contributed by atoms with Crippen molar-refractivity contribution in [2.75, 3.05) is 44.7 Å². The van der Waals surface area contributed by atoms with Crippen molar-refractivity contribution in [2.45, 2.75) is 45.1 Å². The molecule has 0 spiro atoms. The summed E-state index contributed by atoms with van der Waals surface area (Å²) in [5.41, 5.74) is 1.62. The molecule has 6 rings (SSSR count). The maximum absolute atomic E-state index is 15.0. The summed E-state index contributed by atoms with van der Waals surface area (Å²) >= 11 is 0. The minimum atomic E-state index is -1.44. The lowest BCUT2D eigenvalue weighted by Crippen LogP contribution is -2.50. The number of carbonyl (C=O) groups excluding carboxylic acids is 3. The first-order valence-corrected chi connectivity index (χ1v) is 18.9. The molecule has 1 fully saturated rings. The number of hydrogen-bond donors (Lipinski definition) is 2. The first-order valence-electron chi connectivity index (χ1n) is 18.9. The summed E-state index contributed by atoms with van der Waals surface area (Å²) in [6.45, 7) is 4.50. The molecule has 3 amide bonds. The molecule has 2 heterocycles. The molecular formula is C44H42FN7O6. The molecule has 14 heteroatoms. The topological polar surface area (TPSA) is 182 Å². The zero-order chi connectivity index (χ0) is 41.2. The normalized spacial score (nSPS) is 13.6. The third kappa shape index (κ3) is 9.72. The van der Waals surface area contributed by atoms with Crippen LogP contribution in [0.25, 0.3) is 10.8 Å². The van der Waals surface area contributed by atoms with E-state index in [9.17, 15) is 28.8 Å². The van der Waals surface area contributed by atoms with Crippen molar-refractivity contribution in [3.8, 4) is 17.9 Å². The molecule has 0 unspecified atom stereocenters. The highest BCUT2D eigenvalue weighted by molar-refractivity contribution is 5.97. The summed E-state index contributed by atoms with van der Waals surface area (Å²) < 4.78 is 27.0. The Morgan fingerprint density at radius 1 is 0.914 bits per heavy atom. The number of unbranched alkanes of at least 4 members (excludes halogenated alkanes) is 1. The number of nitrogens with zero attached hydrogens (tertiary/aromatic N) is 5. The van der Waals surface area contributed by atoms with E-state index in [1.54, 1.807) is 90.4 Å². The first-order chi connectivity index (χ1) is 28.0. The number of fused-ring (bicyclic) bond motifs is 1. The summed E-state index contributed by atoms with van der Waals surface area (Å²) in [6.07, 6.45) is 1.47. The van der Waals surface area contributed by atoms with Crippen molar-refractivity contribution in [3.05, 3.63) is 135 Å². The van der Waals surface area contributed by atoms with E-state index in [0.29, 0.717) is 76.1 Å². The highest BCUT2D eigenvalue weighted by Crippen LogP contribution is 2.23. The van der Waals surface area contributed by atoms with Gasteiger partial charge in [-0.3, -0.25) is 19.2 Å². The Bertz CT molecular complexity index is 2470. The highest BCUT2D eigenvalue weighted by atomic mass is 19.1. The quantitative estimate of drug-likeness (QED) is 0.135. The molecule has 5 aromatic rings. The Hall–Kier alpha value is -6.90. The predicted molar refractivity (Wildman–Crippen MR) is 213 cm³/mol. The Labute approximate surface area is 334 Å². The number of H-pyrrole nitrogens is 1. The van der Waals surface area contributed by atoms with Crippen LogP contribution >= 0.6 is 0 Å². The van der Waals surface area contributed by atoms with Gasteiger partial charge in [-0.1, -0.05) is 24.3 Å². The van der Waals surface area contributed by atoms with Gasteiger partial charge in [-0.25, -0.2) is 9.49 Å². The maximum Gasteiger partial charge on any atom is 0.272 e. The Kier molecular flexibility index (Phi) is 12.9. The molecule has 1 aliphatic heterocycles. The number of aromatic amines is 1. The standard InChI is InChI=1S/C44H42FN7O6/c1-29-23-33(14-13-32(29)27-47)48-43(56)44(2,28-57-34-15-10-30(26-46)11-16-34)58-22-6-5-9-40(53)51-18-20-52(21-19-51)42(55)37-24-31(12-17-38(37)45)25-39-35-7-3-4-8-36(35)41(54)50-49-39/h3-4,7-8,10-17,23-24H,5-6,9,18-22,25,28H2,1-2H3,(H,48,56)(H,50,54)/t44-/m0/s1. The van der Waals surface area contributed by atoms with Gasteiger partial charge in [0, 0.05) is 56.7 Å².